The fourth-order valence-electron chi connectivity index (χ4n) is 4.69. The Kier molecular flexibility index (Phi) is 6.79. The van der Waals surface area contributed by atoms with Gasteiger partial charge in [0.1, 0.15) is 23.9 Å². The Morgan fingerprint density at radius 1 is 0.895 bits per heavy atom. The maximum Gasteiger partial charge on any atom is 0.300 e. The molecular weight excluding hydrogens is 481 g/mol. The zero-order valence-corrected chi connectivity index (χ0v) is 21.0. The predicted molar refractivity (Wildman–Crippen MR) is 144 cm³/mol. The molecule has 6 heteroatoms. The van der Waals surface area contributed by atoms with Crippen LogP contribution in [0, 0.1) is 19.7 Å². The van der Waals surface area contributed by atoms with E-state index in [1.54, 1.807) is 36.4 Å². The summed E-state index contributed by atoms with van der Waals surface area (Å²) < 4.78 is 19.7. The number of aliphatic hydroxyl groups excluding tert-OH is 1. The van der Waals surface area contributed by atoms with Crippen molar-refractivity contribution in [2.75, 3.05) is 4.90 Å². The van der Waals surface area contributed by atoms with Crippen LogP contribution in [0.3, 0.4) is 0 Å². The van der Waals surface area contributed by atoms with E-state index in [0.29, 0.717) is 29.2 Å². The van der Waals surface area contributed by atoms with Crippen molar-refractivity contribution in [3.8, 4) is 5.75 Å². The number of hydrogen-bond acceptors (Lipinski definition) is 4. The molecule has 0 saturated carbocycles. The molecule has 4 aromatic rings. The molecule has 0 aliphatic carbocycles. The van der Waals surface area contributed by atoms with E-state index < -0.39 is 23.5 Å². The van der Waals surface area contributed by atoms with Gasteiger partial charge in [0, 0.05) is 11.3 Å². The first kappa shape index (κ1) is 25.0. The molecule has 0 spiro atoms. The number of hydrogen-bond donors (Lipinski definition) is 1. The molecule has 1 saturated heterocycles. The Hall–Kier alpha value is -4.71. The predicted octanol–water partition coefficient (Wildman–Crippen LogP) is 6.65. The lowest BCUT2D eigenvalue weighted by molar-refractivity contribution is -0.132. The molecular formula is C32H26FNO4. The molecule has 0 radical (unpaired) electrons. The standard InChI is InChI=1S/C32H26FNO4/c1-20-7-6-10-26(17-20)34-29(23-11-14-25(33)15-12-23)28(31(36)32(34)37)30(35)24-13-16-27(21(2)18-24)38-19-22-8-4-3-5-9-22/h3-18,29,35H,19H2,1-2H3/b30-28-. The Bertz CT molecular complexity index is 1540. The third kappa shape index (κ3) is 4.81. The van der Waals surface area contributed by atoms with E-state index in [0.717, 1.165) is 16.7 Å². The van der Waals surface area contributed by atoms with E-state index in [9.17, 15) is 19.1 Å². The summed E-state index contributed by atoms with van der Waals surface area (Å²) in [5.41, 5.74) is 4.04. The highest BCUT2D eigenvalue weighted by Crippen LogP contribution is 2.42. The largest absolute Gasteiger partial charge is 0.507 e. The second kappa shape index (κ2) is 10.3. The number of carbonyl (C=O) groups is 2. The van der Waals surface area contributed by atoms with Crippen LogP contribution in [-0.2, 0) is 16.2 Å². The third-order valence-electron chi connectivity index (χ3n) is 6.60. The number of ketones is 1. The average molecular weight is 508 g/mol. The maximum absolute atomic E-state index is 13.8. The summed E-state index contributed by atoms with van der Waals surface area (Å²) in [6, 6.07) is 26.7. The number of Topliss-reactive ketones (excluding diaryl/α,β-unsaturated/α-hetero) is 1. The highest BCUT2D eigenvalue weighted by atomic mass is 19.1. The van der Waals surface area contributed by atoms with Crippen molar-refractivity contribution in [2.45, 2.75) is 26.5 Å². The van der Waals surface area contributed by atoms with Crippen LogP contribution in [0.15, 0.2) is 103 Å². The Morgan fingerprint density at radius 3 is 2.32 bits per heavy atom. The second-order valence-electron chi connectivity index (χ2n) is 9.31. The Labute approximate surface area is 220 Å². The Balaban J connectivity index is 1.56. The lowest BCUT2D eigenvalue weighted by Crippen LogP contribution is -2.29. The molecule has 1 N–H and O–H groups in total. The fraction of sp³-hybridized carbons (Fsp3) is 0.125. The number of rotatable bonds is 6. The zero-order chi connectivity index (χ0) is 26.8. The van der Waals surface area contributed by atoms with E-state index in [1.807, 2.05) is 50.2 Å². The summed E-state index contributed by atoms with van der Waals surface area (Å²) in [4.78, 5) is 28.0. The molecule has 190 valence electrons. The summed E-state index contributed by atoms with van der Waals surface area (Å²) in [6.07, 6.45) is 0. The van der Waals surface area contributed by atoms with Gasteiger partial charge < -0.3 is 9.84 Å². The van der Waals surface area contributed by atoms with Crippen molar-refractivity contribution in [3.05, 3.63) is 136 Å². The first-order valence-corrected chi connectivity index (χ1v) is 12.2. The van der Waals surface area contributed by atoms with Gasteiger partial charge in [-0.15, -0.1) is 0 Å². The summed E-state index contributed by atoms with van der Waals surface area (Å²) in [5, 5.41) is 11.4. The quantitative estimate of drug-likeness (QED) is 0.180. The van der Waals surface area contributed by atoms with Crippen LogP contribution in [0.1, 0.15) is 33.9 Å². The molecule has 1 aliphatic rings. The molecule has 1 heterocycles. The Morgan fingerprint density at radius 2 is 1.63 bits per heavy atom. The minimum absolute atomic E-state index is 0.0551. The molecule has 1 fully saturated rings. The molecule has 5 nitrogen and oxygen atoms in total. The molecule has 1 amide bonds. The molecule has 1 atom stereocenters. The van der Waals surface area contributed by atoms with Crippen molar-refractivity contribution in [1.82, 2.24) is 0 Å². The summed E-state index contributed by atoms with van der Waals surface area (Å²) in [5.74, 6) is -1.67. The highest BCUT2D eigenvalue weighted by Gasteiger charge is 2.47. The van der Waals surface area contributed by atoms with Gasteiger partial charge in [-0.3, -0.25) is 14.5 Å². The smallest absolute Gasteiger partial charge is 0.300 e. The first-order chi connectivity index (χ1) is 18.3. The van der Waals surface area contributed by atoms with Gasteiger partial charge in [0.25, 0.3) is 11.7 Å². The molecule has 1 unspecified atom stereocenters. The lowest BCUT2D eigenvalue weighted by atomic mass is 9.94. The minimum atomic E-state index is -0.924. The zero-order valence-electron chi connectivity index (χ0n) is 21.0. The molecule has 0 aromatic heterocycles. The number of aryl methyl sites for hydroxylation is 2. The number of benzene rings is 4. The van der Waals surface area contributed by atoms with Crippen molar-refractivity contribution in [2.24, 2.45) is 0 Å². The van der Waals surface area contributed by atoms with Gasteiger partial charge in [-0.25, -0.2) is 4.39 Å². The maximum atomic E-state index is 13.8. The number of anilines is 1. The van der Waals surface area contributed by atoms with Crippen LogP contribution >= 0.6 is 0 Å². The third-order valence-corrected chi connectivity index (χ3v) is 6.60. The summed E-state index contributed by atoms with van der Waals surface area (Å²) in [6.45, 7) is 4.12. The molecule has 38 heavy (non-hydrogen) atoms. The van der Waals surface area contributed by atoms with Gasteiger partial charge in [-0.05, 0) is 78.6 Å². The van der Waals surface area contributed by atoms with Gasteiger partial charge >= 0.3 is 0 Å². The lowest BCUT2D eigenvalue weighted by Gasteiger charge is -2.25. The van der Waals surface area contributed by atoms with Gasteiger partial charge in [0.2, 0.25) is 0 Å². The van der Waals surface area contributed by atoms with Gasteiger partial charge in [-0.2, -0.15) is 0 Å². The molecule has 0 bridgehead atoms. The van der Waals surface area contributed by atoms with Crippen LogP contribution in [0.4, 0.5) is 10.1 Å². The number of aliphatic hydroxyl groups is 1. The van der Waals surface area contributed by atoms with Crippen LogP contribution in [0.25, 0.3) is 5.76 Å². The van der Waals surface area contributed by atoms with E-state index in [-0.39, 0.29) is 11.3 Å². The first-order valence-electron chi connectivity index (χ1n) is 12.2. The number of carbonyl (C=O) groups excluding carboxylic acids is 2. The number of ether oxygens (including phenoxy) is 1. The highest BCUT2D eigenvalue weighted by molar-refractivity contribution is 6.51. The van der Waals surface area contributed by atoms with E-state index in [1.165, 1.54) is 29.2 Å². The normalized spacial score (nSPS) is 16.6. The number of nitrogens with zero attached hydrogens (tertiary/aromatic N) is 1. The van der Waals surface area contributed by atoms with Crippen LogP contribution in [-0.4, -0.2) is 16.8 Å². The topological polar surface area (TPSA) is 66.8 Å². The van der Waals surface area contributed by atoms with Crippen molar-refractivity contribution in [3.63, 3.8) is 0 Å². The average Bonchev–Trinajstić information content (AvgIpc) is 3.18. The molecule has 5 rings (SSSR count). The van der Waals surface area contributed by atoms with Crippen molar-refractivity contribution >= 4 is 23.1 Å². The van der Waals surface area contributed by atoms with Gasteiger partial charge in [0.15, 0.2) is 0 Å². The summed E-state index contributed by atoms with van der Waals surface area (Å²) >= 11 is 0. The minimum Gasteiger partial charge on any atom is -0.507 e. The fourth-order valence-corrected chi connectivity index (χ4v) is 4.69. The number of halogens is 1. The van der Waals surface area contributed by atoms with E-state index >= 15 is 0 Å². The van der Waals surface area contributed by atoms with Gasteiger partial charge in [-0.1, -0.05) is 54.6 Å². The van der Waals surface area contributed by atoms with Gasteiger partial charge in [0.05, 0.1) is 11.6 Å². The SMILES string of the molecule is Cc1cccc(N2C(=O)C(=O)/C(=C(\O)c3ccc(OCc4ccccc4)c(C)c3)C2c2ccc(F)cc2)c1. The van der Waals surface area contributed by atoms with Crippen LogP contribution in [0.2, 0.25) is 0 Å². The van der Waals surface area contributed by atoms with Crippen LogP contribution in [0.5, 0.6) is 5.75 Å². The van der Waals surface area contributed by atoms with Crippen LogP contribution < -0.4 is 9.64 Å². The van der Waals surface area contributed by atoms with Crippen molar-refractivity contribution < 1.29 is 23.8 Å². The molecule has 1 aliphatic heterocycles. The number of amides is 1. The van der Waals surface area contributed by atoms with Crippen molar-refractivity contribution in [1.29, 1.82) is 0 Å². The second-order valence-corrected chi connectivity index (χ2v) is 9.31. The monoisotopic (exact) mass is 507 g/mol. The summed E-state index contributed by atoms with van der Waals surface area (Å²) in [7, 11) is 0. The van der Waals surface area contributed by atoms with E-state index in [4.69, 9.17) is 4.74 Å². The van der Waals surface area contributed by atoms with E-state index in [2.05, 4.69) is 0 Å². The molecule has 4 aromatic carbocycles.